The first-order valence-corrected chi connectivity index (χ1v) is 6.03. The lowest BCUT2D eigenvalue weighted by molar-refractivity contribution is 0.218. The number of hydrogen-bond donors (Lipinski definition) is 0. The fourth-order valence-corrected chi connectivity index (χ4v) is 1.61. The molecule has 0 atom stereocenters. The molecular weight excluding hydrogens is 226 g/mol. The summed E-state index contributed by atoms with van der Waals surface area (Å²) in [6, 6.07) is 11.4. The lowest BCUT2D eigenvalue weighted by Gasteiger charge is -2.19. The minimum Gasteiger partial charge on any atom is -0.491 e. The zero-order valence-corrected chi connectivity index (χ0v) is 10.6. The fourth-order valence-electron chi connectivity index (χ4n) is 1.61. The van der Waals surface area contributed by atoms with Gasteiger partial charge in [0.15, 0.2) is 0 Å². The summed E-state index contributed by atoms with van der Waals surface area (Å²) in [5, 5.41) is 17.5. The van der Waals surface area contributed by atoms with Crippen molar-refractivity contribution in [3.8, 4) is 17.9 Å². The summed E-state index contributed by atoms with van der Waals surface area (Å²) in [7, 11) is 0. The molecule has 4 heteroatoms. The summed E-state index contributed by atoms with van der Waals surface area (Å²) >= 11 is 0. The van der Waals surface area contributed by atoms with Gasteiger partial charge >= 0.3 is 0 Å². The first-order chi connectivity index (χ1) is 8.81. The molecule has 94 valence electrons. The first kappa shape index (κ1) is 14.0. The second kappa shape index (κ2) is 8.11. The number of likely N-dealkylation sites (N-methyl/N-ethyl adjacent to an activating group) is 1. The van der Waals surface area contributed by atoms with Crippen LogP contribution in [0.5, 0.6) is 5.75 Å². The van der Waals surface area contributed by atoms with Crippen LogP contribution < -0.4 is 4.74 Å². The van der Waals surface area contributed by atoms with E-state index in [1.165, 1.54) is 0 Å². The predicted octanol–water partition coefficient (Wildman–Crippen LogP) is 2.17. The Morgan fingerprint density at radius 3 is 2.67 bits per heavy atom. The number of para-hydroxylation sites is 1. The van der Waals surface area contributed by atoms with Crippen LogP contribution in [0.4, 0.5) is 0 Å². The van der Waals surface area contributed by atoms with Crippen molar-refractivity contribution in [1.29, 1.82) is 10.5 Å². The maximum Gasteiger partial charge on any atom is 0.137 e. The Morgan fingerprint density at radius 1 is 1.22 bits per heavy atom. The van der Waals surface area contributed by atoms with Gasteiger partial charge in [-0.05, 0) is 18.7 Å². The number of rotatable bonds is 7. The van der Waals surface area contributed by atoms with Crippen LogP contribution in [0.1, 0.15) is 18.9 Å². The maximum atomic E-state index is 8.91. The normalized spacial score (nSPS) is 9.78. The highest BCUT2D eigenvalue weighted by Crippen LogP contribution is 2.16. The third kappa shape index (κ3) is 4.45. The number of nitrogens with zero attached hydrogens (tertiary/aromatic N) is 3. The van der Waals surface area contributed by atoms with Crippen molar-refractivity contribution < 1.29 is 4.74 Å². The van der Waals surface area contributed by atoms with Crippen LogP contribution in [-0.2, 0) is 0 Å². The molecule has 0 amide bonds. The Labute approximate surface area is 108 Å². The smallest absolute Gasteiger partial charge is 0.137 e. The van der Waals surface area contributed by atoms with E-state index < -0.39 is 0 Å². The largest absolute Gasteiger partial charge is 0.491 e. The minimum atomic E-state index is 0.526. The van der Waals surface area contributed by atoms with E-state index in [4.69, 9.17) is 15.3 Å². The number of nitriles is 2. The van der Waals surface area contributed by atoms with Crippen molar-refractivity contribution in [3.63, 3.8) is 0 Å². The van der Waals surface area contributed by atoms with Crippen LogP contribution in [0, 0.1) is 22.7 Å². The standard InChI is InChI=1S/C14H17N3O/c1-2-17(9-5-8-15)10-11-18-14-7-4-3-6-13(14)12-16/h3-4,6-7H,2,5,9-11H2,1H3. The van der Waals surface area contributed by atoms with Crippen LogP contribution in [0.15, 0.2) is 24.3 Å². The van der Waals surface area contributed by atoms with Crippen molar-refractivity contribution in [2.24, 2.45) is 0 Å². The monoisotopic (exact) mass is 243 g/mol. The molecule has 0 aromatic heterocycles. The maximum absolute atomic E-state index is 8.91. The van der Waals surface area contributed by atoms with Gasteiger partial charge in [-0.1, -0.05) is 19.1 Å². The Hall–Kier alpha value is -2.04. The number of benzene rings is 1. The summed E-state index contributed by atoms with van der Waals surface area (Å²) in [5.41, 5.74) is 0.553. The van der Waals surface area contributed by atoms with E-state index in [9.17, 15) is 0 Å². The predicted molar refractivity (Wildman–Crippen MR) is 69.0 cm³/mol. The SMILES string of the molecule is CCN(CCC#N)CCOc1ccccc1C#N. The molecule has 0 heterocycles. The molecule has 1 aromatic rings. The van der Waals surface area contributed by atoms with E-state index in [1.807, 2.05) is 12.1 Å². The van der Waals surface area contributed by atoms with Crippen LogP contribution in [-0.4, -0.2) is 31.1 Å². The molecule has 1 aromatic carbocycles. The van der Waals surface area contributed by atoms with Crippen LogP contribution in [0.2, 0.25) is 0 Å². The number of hydrogen-bond acceptors (Lipinski definition) is 4. The second-order valence-corrected chi connectivity index (χ2v) is 3.80. The minimum absolute atomic E-state index is 0.526. The summed E-state index contributed by atoms with van der Waals surface area (Å²) in [4.78, 5) is 2.15. The van der Waals surface area contributed by atoms with Gasteiger partial charge in [-0.2, -0.15) is 10.5 Å². The molecule has 0 saturated carbocycles. The van der Waals surface area contributed by atoms with Crippen LogP contribution >= 0.6 is 0 Å². The first-order valence-electron chi connectivity index (χ1n) is 6.03. The van der Waals surface area contributed by atoms with Crippen molar-refractivity contribution in [2.45, 2.75) is 13.3 Å². The van der Waals surface area contributed by atoms with Crippen LogP contribution in [0.25, 0.3) is 0 Å². The highest BCUT2D eigenvalue weighted by Gasteiger charge is 2.04. The van der Waals surface area contributed by atoms with E-state index >= 15 is 0 Å². The van der Waals surface area contributed by atoms with Gasteiger partial charge in [-0.3, -0.25) is 4.90 Å². The summed E-state index contributed by atoms with van der Waals surface area (Å²) < 4.78 is 5.59. The van der Waals surface area contributed by atoms with Gasteiger partial charge in [0.2, 0.25) is 0 Å². The zero-order valence-electron chi connectivity index (χ0n) is 10.6. The van der Waals surface area contributed by atoms with E-state index in [1.54, 1.807) is 12.1 Å². The molecule has 0 aliphatic heterocycles. The molecule has 0 aliphatic rings. The fraction of sp³-hybridized carbons (Fsp3) is 0.429. The van der Waals surface area contributed by atoms with Crippen molar-refractivity contribution in [1.82, 2.24) is 4.90 Å². The Kier molecular flexibility index (Phi) is 6.32. The molecule has 0 unspecified atom stereocenters. The Balaban J connectivity index is 2.41. The number of ether oxygens (including phenoxy) is 1. The molecule has 0 bridgehead atoms. The highest BCUT2D eigenvalue weighted by atomic mass is 16.5. The average molecular weight is 243 g/mol. The summed E-state index contributed by atoms with van der Waals surface area (Å²) in [5.74, 6) is 0.622. The molecule has 0 spiro atoms. The van der Waals surface area contributed by atoms with Crippen molar-refractivity contribution in [3.05, 3.63) is 29.8 Å². The molecule has 0 aliphatic carbocycles. The van der Waals surface area contributed by atoms with Gasteiger partial charge in [0, 0.05) is 19.5 Å². The third-order valence-corrected chi connectivity index (χ3v) is 2.66. The Bertz CT molecular complexity index is 445. The lowest BCUT2D eigenvalue weighted by Crippen LogP contribution is -2.29. The molecule has 4 nitrogen and oxygen atoms in total. The average Bonchev–Trinajstić information content (AvgIpc) is 2.43. The van der Waals surface area contributed by atoms with Crippen molar-refractivity contribution in [2.75, 3.05) is 26.2 Å². The van der Waals surface area contributed by atoms with E-state index in [2.05, 4.69) is 24.0 Å². The van der Waals surface area contributed by atoms with E-state index in [0.717, 1.165) is 19.6 Å². The molecule has 0 saturated heterocycles. The van der Waals surface area contributed by atoms with Gasteiger partial charge in [0.05, 0.1) is 11.6 Å². The van der Waals surface area contributed by atoms with Gasteiger partial charge in [0.25, 0.3) is 0 Å². The molecular formula is C14H17N3O. The van der Waals surface area contributed by atoms with Gasteiger partial charge < -0.3 is 4.74 Å². The third-order valence-electron chi connectivity index (χ3n) is 2.66. The van der Waals surface area contributed by atoms with Gasteiger partial charge in [-0.25, -0.2) is 0 Å². The summed E-state index contributed by atoms with van der Waals surface area (Å²) in [6.07, 6.45) is 0.530. The molecule has 0 radical (unpaired) electrons. The lowest BCUT2D eigenvalue weighted by atomic mass is 10.2. The second-order valence-electron chi connectivity index (χ2n) is 3.80. The van der Waals surface area contributed by atoms with Crippen LogP contribution in [0.3, 0.4) is 0 Å². The molecule has 0 fully saturated rings. The molecule has 0 N–H and O–H groups in total. The highest BCUT2D eigenvalue weighted by molar-refractivity contribution is 5.42. The van der Waals surface area contributed by atoms with E-state index in [-0.39, 0.29) is 0 Å². The quantitative estimate of drug-likeness (QED) is 0.736. The van der Waals surface area contributed by atoms with Gasteiger partial charge in [0.1, 0.15) is 18.4 Å². The zero-order chi connectivity index (χ0) is 13.2. The molecule has 1 rings (SSSR count). The Morgan fingerprint density at radius 2 is 2.00 bits per heavy atom. The molecule has 18 heavy (non-hydrogen) atoms. The summed E-state index contributed by atoms with van der Waals surface area (Å²) in [6.45, 7) is 5.00. The van der Waals surface area contributed by atoms with Gasteiger partial charge in [-0.15, -0.1) is 0 Å². The topological polar surface area (TPSA) is 60.1 Å². The van der Waals surface area contributed by atoms with E-state index in [0.29, 0.717) is 24.3 Å². The van der Waals surface area contributed by atoms with Crippen molar-refractivity contribution >= 4 is 0 Å².